The molecule has 0 amide bonds. The fourth-order valence-corrected chi connectivity index (χ4v) is 1.28. The van der Waals surface area contributed by atoms with Gasteiger partial charge in [0, 0.05) is 12.0 Å². The van der Waals surface area contributed by atoms with Crippen LogP contribution in [0.3, 0.4) is 0 Å². The molecule has 96 valence electrons. The Bertz CT molecular complexity index is 325. The van der Waals surface area contributed by atoms with Gasteiger partial charge in [-0.05, 0) is 18.6 Å². The van der Waals surface area contributed by atoms with Crippen molar-refractivity contribution < 1.29 is 19.4 Å². The van der Waals surface area contributed by atoms with Crippen LogP contribution in [-0.2, 0) is 11.2 Å². The molecule has 0 unspecified atom stereocenters. The van der Waals surface area contributed by atoms with Crippen molar-refractivity contribution in [1.82, 2.24) is 0 Å². The molecule has 1 aromatic carbocycles. The summed E-state index contributed by atoms with van der Waals surface area (Å²) < 4.78 is 10.4. The molecule has 1 N–H and O–H groups in total. The Balaban J connectivity index is 0.000000437. The van der Waals surface area contributed by atoms with Gasteiger partial charge in [-0.15, -0.1) is 0 Å². The molecule has 0 saturated heterocycles. The van der Waals surface area contributed by atoms with E-state index < -0.39 is 5.97 Å². The first kappa shape index (κ1) is 15.3. The number of carbonyl (C=O) groups is 1. The normalized spacial score (nSPS) is 8.94. The number of carboxylic acid groups (broad SMARTS) is 1. The van der Waals surface area contributed by atoms with Crippen LogP contribution in [-0.4, -0.2) is 25.3 Å². The van der Waals surface area contributed by atoms with E-state index in [9.17, 15) is 4.79 Å². The van der Waals surface area contributed by atoms with Gasteiger partial charge in [-0.25, -0.2) is 0 Å². The first-order valence-electron chi connectivity index (χ1n) is 5.52. The van der Waals surface area contributed by atoms with Gasteiger partial charge in [-0.1, -0.05) is 19.9 Å². The van der Waals surface area contributed by atoms with Crippen LogP contribution in [0.5, 0.6) is 11.5 Å². The molecular formula is C13H20O4. The van der Waals surface area contributed by atoms with Gasteiger partial charge in [0.15, 0.2) is 0 Å². The number of aliphatic carboxylic acids is 1. The maximum absolute atomic E-state index is 9.37. The quantitative estimate of drug-likeness (QED) is 0.879. The highest BCUT2D eigenvalue weighted by Crippen LogP contribution is 2.28. The minimum absolute atomic E-state index is 0.222. The third-order valence-corrected chi connectivity index (χ3v) is 2.19. The molecule has 4 nitrogen and oxygen atoms in total. The van der Waals surface area contributed by atoms with Gasteiger partial charge in [0.05, 0.1) is 14.2 Å². The summed E-state index contributed by atoms with van der Waals surface area (Å²) in [5.74, 6) is 1.05. The predicted molar refractivity (Wildman–Crippen MR) is 66.9 cm³/mol. The second-order valence-corrected chi connectivity index (χ2v) is 3.24. The van der Waals surface area contributed by atoms with Crippen molar-refractivity contribution in [3.63, 3.8) is 0 Å². The summed E-state index contributed by atoms with van der Waals surface area (Å²) in [6.07, 6.45) is 1.15. The van der Waals surface area contributed by atoms with E-state index in [0.717, 1.165) is 23.5 Å². The zero-order chi connectivity index (χ0) is 13.3. The number of rotatable bonds is 4. The summed E-state index contributed by atoms with van der Waals surface area (Å²) in [5.41, 5.74) is 1.13. The molecule has 0 radical (unpaired) electrons. The Morgan fingerprint density at radius 1 is 1.18 bits per heavy atom. The van der Waals surface area contributed by atoms with E-state index in [1.54, 1.807) is 21.1 Å². The van der Waals surface area contributed by atoms with Crippen molar-refractivity contribution in [2.45, 2.75) is 26.7 Å². The smallest absolute Gasteiger partial charge is 0.303 e. The molecule has 0 fully saturated rings. The van der Waals surface area contributed by atoms with Gasteiger partial charge in [0.25, 0.3) is 0 Å². The lowest BCUT2D eigenvalue weighted by atomic mass is 10.1. The Kier molecular flexibility index (Phi) is 7.59. The second-order valence-electron chi connectivity index (χ2n) is 3.24. The van der Waals surface area contributed by atoms with E-state index in [1.165, 1.54) is 0 Å². The Morgan fingerprint density at radius 2 is 1.59 bits per heavy atom. The highest BCUT2D eigenvalue weighted by molar-refractivity contribution is 5.66. The van der Waals surface area contributed by atoms with Crippen LogP contribution >= 0.6 is 0 Å². The lowest BCUT2D eigenvalue weighted by Crippen LogP contribution is -1.94. The van der Waals surface area contributed by atoms with Crippen molar-refractivity contribution >= 4 is 5.97 Å². The lowest BCUT2D eigenvalue weighted by molar-refractivity contribution is -0.136. The van der Waals surface area contributed by atoms with Crippen molar-refractivity contribution in [1.29, 1.82) is 0 Å². The molecule has 0 spiro atoms. The molecule has 4 heteroatoms. The van der Waals surface area contributed by atoms with Crippen LogP contribution in [0.2, 0.25) is 0 Å². The SMILES string of the molecule is CCC(=O)O.CCc1c(OC)cccc1OC. The Hall–Kier alpha value is -1.71. The van der Waals surface area contributed by atoms with E-state index in [-0.39, 0.29) is 6.42 Å². The van der Waals surface area contributed by atoms with Crippen LogP contribution < -0.4 is 9.47 Å². The molecule has 1 aromatic rings. The van der Waals surface area contributed by atoms with Crippen LogP contribution in [0, 0.1) is 0 Å². The van der Waals surface area contributed by atoms with Crippen molar-refractivity contribution in [2.24, 2.45) is 0 Å². The van der Waals surface area contributed by atoms with Gasteiger partial charge < -0.3 is 14.6 Å². The number of methoxy groups -OCH3 is 2. The summed E-state index contributed by atoms with van der Waals surface area (Å²) in [7, 11) is 3.35. The van der Waals surface area contributed by atoms with E-state index in [2.05, 4.69) is 6.92 Å². The molecule has 1 rings (SSSR count). The van der Waals surface area contributed by atoms with E-state index in [0.29, 0.717) is 0 Å². The molecule has 0 aliphatic carbocycles. The van der Waals surface area contributed by atoms with Crippen LogP contribution in [0.25, 0.3) is 0 Å². The van der Waals surface area contributed by atoms with Gasteiger partial charge in [0.1, 0.15) is 11.5 Å². The van der Waals surface area contributed by atoms with Crippen LogP contribution in [0.4, 0.5) is 0 Å². The van der Waals surface area contributed by atoms with Gasteiger partial charge in [0.2, 0.25) is 0 Å². The zero-order valence-corrected chi connectivity index (χ0v) is 10.8. The third-order valence-electron chi connectivity index (χ3n) is 2.19. The zero-order valence-electron chi connectivity index (χ0n) is 10.8. The van der Waals surface area contributed by atoms with E-state index in [1.807, 2.05) is 18.2 Å². The fourth-order valence-electron chi connectivity index (χ4n) is 1.28. The topological polar surface area (TPSA) is 55.8 Å². The largest absolute Gasteiger partial charge is 0.496 e. The minimum Gasteiger partial charge on any atom is -0.496 e. The molecule has 17 heavy (non-hydrogen) atoms. The molecule has 0 aromatic heterocycles. The number of benzene rings is 1. The van der Waals surface area contributed by atoms with Crippen molar-refractivity contribution in [3.05, 3.63) is 23.8 Å². The predicted octanol–water partition coefficient (Wildman–Crippen LogP) is 2.75. The molecule has 0 bridgehead atoms. The first-order valence-corrected chi connectivity index (χ1v) is 5.52. The summed E-state index contributed by atoms with van der Waals surface area (Å²) in [6, 6.07) is 5.82. The highest BCUT2D eigenvalue weighted by Gasteiger charge is 2.05. The molecule has 0 aliphatic rings. The Labute approximate surface area is 102 Å². The number of hydrogen-bond acceptors (Lipinski definition) is 3. The lowest BCUT2D eigenvalue weighted by Gasteiger charge is -2.10. The molecule has 0 aliphatic heterocycles. The van der Waals surface area contributed by atoms with Crippen LogP contribution in [0.1, 0.15) is 25.8 Å². The highest BCUT2D eigenvalue weighted by atomic mass is 16.5. The molecule has 0 saturated carbocycles. The maximum Gasteiger partial charge on any atom is 0.303 e. The van der Waals surface area contributed by atoms with E-state index >= 15 is 0 Å². The standard InChI is InChI=1S/C10H14O2.C3H6O2/c1-4-8-9(11-2)6-5-7-10(8)12-3;1-2-3(4)5/h5-7H,4H2,1-3H3;2H2,1H3,(H,4,5). The molecular weight excluding hydrogens is 220 g/mol. The summed E-state index contributed by atoms with van der Waals surface area (Å²) in [4.78, 5) is 9.37. The van der Waals surface area contributed by atoms with Crippen LogP contribution in [0.15, 0.2) is 18.2 Å². The van der Waals surface area contributed by atoms with E-state index in [4.69, 9.17) is 14.6 Å². The number of ether oxygens (including phenoxy) is 2. The van der Waals surface area contributed by atoms with Gasteiger partial charge in [-0.3, -0.25) is 4.79 Å². The van der Waals surface area contributed by atoms with Gasteiger partial charge in [-0.2, -0.15) is 0 Å². The minimum atomic E-state index is -0.745. The molecule has 0 atom stereocenters. The van der Waals surface area contributed by atoms with Gasteiger partial charge >= 0.3 is 5.97 Å². The third kappa shape index (κ3) is 5.24. The maximum atomic E-state index is 9.37. The average Bonchev–Trinajstić information content (AvgIpc) is 2.37. The van der Waals surface area contributed by atoms with Crippen molar-refractivity contribution in [2.75, 3.05) is 14.2 Å². The van der Waals surface area contributed by atoms with Crippen molar-refractivity contribution in [3.8, 4) is 11.5 Å². The average molecular weight is 240 g/mol. The first-order chi connectivity index (χ1) is 8.10. The summed E-state index contributed by atoms with van der Waals surface area (Å²) in [6.45, 7) is 3.68. The molecule has 0 heterocycles. The fraction of sp³-hybridized carbons (Fsp3) is 0.462. The monoisotopic (exact) mass is 240 g/mol. The summed E-state index contributed by atoms with van der Waals surface area (Å²) in [5, 5.41) is 7.72. The number of carboxylic acids is 1. The number of hydrogen-bond donors (Lipinski definition) is 1. The summed E-state index contributed by atoms with van der Waals surface area (Å²) >= 11 is 0. The Morgan fingerprint density at radius 3 is 1.82 bits per heavy atom. The second kappa shape index (κ2) is 8.44.